The number of hydrogen-bond donors (Lipinski definition) is 2. The summed E-state index contributed by atoms with van der Waals surface area (Å²) in [5.41, 5.74) is 0. The van der Waals surface area contributed by atoms with Gasteiger partial charge in [0.1, 0.15) is 0 Å². The summed E-state index contributed by atoms with van der Waals surface area (Å²) < 4.78 is 32.3. The SMILES string of the molecule is CC(C)CCOCCNS(=O)(=O)N(C)CCCO. The van der Waals surface area contributed by atoms with Crippen molar-refractivity contribution in [3.8, 4) is 0 Å². The Bertz CT molecular complexity index is 293. The minimum atomic E-state index is -3.44. The van der Waals surface area contributed by atoms with Crippen LogP contribution in [0.3, 0.4) is 0 Å². The first-order chi connectivity index (χ1) is 8.40. The van der Waals surface area contributed by atoms with Crippen LogP contribution in [0.4, 0.5) is 0 Å². The first-order valence-corrected chi connectivity index (χ1v) is 7.73. The fourth-order valence-electron chi connectivity index (χ4n) is 1.19. The van der Waals surface area contributed by atoms with Crippen LogP contribution >= 0.6 is 0 Å². The predicted molar refractivity (Wildman–Crippen MR) is 71.5 cm³/mol. The highest BCUT2D eigenvalue weighted by Gasteiger charge is 2.15. The molecule has 0 rings (SSSR count). The molecule has 0 saturated carbocycles. The van der Waals surface area contributed by atoms with Gasteiger partial charge in [-0.3, -0.25) is 0 Å². The van der Waals surface area contributed by atoms with Crippen LogP contribution in [0.15, 0.2) is 0 Å². The summed E-state index contributed by atoms with van der Waals surface area (Å²) in [5, 5.41) is 8.64. The van der Waals surface area contributed by atoms with E-state index in [1.807, 2.05) is 0 Å². The lowest BCUT2D eigenvalue weighted by Gasteiger charge is -2.17. The van der Waals surface area contributed by atoms with E-state index in [1.54, 1.807) is 0 Å². The van der Waals surface area contributed by atoms with Gasteiger partial charge < -0.3 is 9.84 Å². The first-order valence-electron chi connectivity index (χ1n) is 6.29. The van der Waals surface area contributed by atoms with Crippen molar-refractivity contribution in [2.75, 3.05) is 40.0 Å². The summed E-state index contributed by atoms with van der Waals surface area (Å²) in [6, 6.07) is 0. The maximum Gasteiger partial charge on any atom is 0.279 e. The third-order valence-corrected chi connectivity index (χ3v) is 3.98. The smallest absolute Gasteiger partial charge is 0.279 e. The maximum atomic E-state index is 11.7. The Morgan fingerprint density at radius 2 is 2.00 bits per heavy atom. The van der Waals surface area contributed by atoms with Crippen LogP contribution in [-0.4, -0.2) is 57.8 Å². The van der Waals surface area contributed by atoms with Crippen LogP contribution in [0.1, 0.15) is 26.7 Å². The zero-order valence-electron chi connectivity index (χ0n) is 11.6. The molecular formula is C11H26N2O4S. The number of ether oxygens (including phenoxy) is 1. The van der Waals surface area contributed by atoms with Crippen LogP contribution in [0, 0.1) is 5.92 Å². The van der Waals surface area contributed by atoms with Crippen LogP contribution < -0.4 is 4.72 Å². The quantitative estimate of drug-likeness (QED) is 0.531. The lowest BCUT2D eigenvalue weighted by atomic mass is 10.1. The highest BCUT2D eigenvalue weighted by molar-refractivity contribution is 7.87. The molecular weight excluding hydrogens is 256 g/mol. The van der Waals surface area contributed by atoms with E-state index in [-0.39, 0.29) is 13.2 Å². The van der Waals surface area contributed by atoms with Gasteiger partial charge in [0.15, 0.2) is 0 Å². The molecule has 0 bridgehead atoms. The average molecular weight is 282 g/mol. The molecule has 0 saturated heterocycles. The Kier molecular flexibility index (Phi) is 9.57. The molecule has 6 nitrogen and oxygen atoms in total. The van der Waals surface area contributed by atoms with E-state index >= 15 is 0 Å². The molecule has 0 radical (unpaired) electrons. The van der Waals surface area contributed by atoms with Crippen LogP contribution in [0.5, 0.6) is 0 Å². The number of nitrogens with one attached hydrogen (secondary N) is 1. The molecule has 0 aliphatic heterocycles. The van der Waals surface area contributed by atoms with Crippen molar-refractivity contribution in [3.05, 3.63) is 0 Å². The van der Waals surface area contributed by atoms with Gasteiger partial charge in [-0.25, -0.2) is 0 Å². The standard InChI is InChI=1S/C11H26N2O4S/c1-11(2)5-9-17-10-6-12-18(15,16)13(3)7-4-8-14/h11-12,14H,4-10H2,1-3H3. The zero-order valence-corrected chi connectivity index (χ0v) is 12.4. The van der Waals surface area contributed by atoms with Crippen molar-refractivity contribution in [2.45, 2.75) is 26.7 Å². The number of aliphatic hydroxyl groups excluding tert-OH is 1. The van der Waals surface area contributed by atoms with E-state index in [9.17, 15) is 8.42 Å². The van der Waals surface area contributed by atoms with Gasteiger partial charge in [0.05, 0.1) is 6.61 Å². The third-order valence-electron chi connectivity index (χ3n) is 2.41. The second-order valence-corrected chi connectivity index (χ2v) is 6.46. The maximum absolute atomic E-state index is 11.7. The van der Waals surface area contributed by atoms with Gasteiger partial charge in [0.25, 0.3) is 10.2 Å². The monoisotopic (exact) mass is 282 g/mol. The third kappa shape index (κ3) is 8.82. The molecule has 7 heteroatoms. The number of rotatable bonds is 11. The Balaban J connectivity index is 3.70. The van der Waals surface area contributed by atoms with E-state index < -0.39 is 10.2 Å². The van der Waals surface area contributed by atoms with E-state index in [4.69, 9.17) is 9.84 Å². The van der Waals surface area contributed by atoms with Crippen molar-refractivity contribution in [3.63, 3.8) is 0 Å². The largest absolute Gasteiger partial charge is 0.396 e. The minimum Gasteiger partial charge on any atom is -0.396 e. The number of nitrogens with zero attached hydrogens (tertiary/aromatic N) is 1. The van der Waals surface area contributed by atoms with Crippen molar-refractivity contribution < 1.29 is 18.3 Å². The van der Waals surface area contributed by atoms with Crippen molar-refractivity contribution in [2.24, 2.45) is 5.92 Å². The second kappa shape index (κ2) is 9.69. The van der Waals surface area contributed by atoms with Gasteiger partial charge in [-0.05, 0) is 18.8 Å². The molecule has 0 fully saturated rings. The van der Waals surface area contributed by atoms with Gasteiger partial charge in [0, 0.05) is 33.4 Å². The summed E-state index contributed by atoms with van der Waals surface area (Å²) in [6.07, 6.45) is 1.41. The summed E-state index contributed by atoms with van der Waals surface area (Å²) in [7, 11) is -1.96. The molecule has 18 heavy (non-hydrogen) atoms. The number of hydrogen-bond acceptors (Lipinski definition) is 4. The highest BCUT2D eigenvalue weighted by Crippen LogP contribution is 1.98. The molecule has 0 aromatic rings. The summed E-state index contributed by atoms with van der Waals surface area (Å²) in [4.78, 5) is 0. The molecule has 110 valence electrons. The Morgan fingerprint density at radius 3 is 2.56 bits per heavy atom. The van der Waals surface area contributed by atoms with Gasteiger partial charge in [-0.1, -0.05) is 13.8 Å². The zero-order chi connectivity index (χ0) is 14.0. The summed E-state index contributed by atoms with van der Waals surface area (Å²) in [5.74, 6) is 0.589. The van der Waals surface area contributed by atoms with E-state index in [0.29, 0.717) is 32.1 Å². The molecule has 0 amide bonds. The normalized spacial score (nSPS) is 12.6. The molecule has 0 spiro atoms. The lowest BCUT2D eigenvalue weighted by Crippen LogP contribution is -2.40. The first kappa shape index (κ1) is 17.8. The van der Waals surface area contributed by atoms with Gasteiger partial charge in [0.2, 0.25) is 0 Å². The van der Waals surface area contributed by atoms with Gasteiger partial charge >= 0.3 is 0 Å². The number of aliphatic hydroxyl groups is 1. The molecule has 0 aliphatic rings. The summed E-state index contributed by atoms with van der Waals surface area (Å²) >= 11 is 0. The van der Waals surface area contributed by atoms with Crippen molar-refractivity contribution >= 4 is 10.2 Å². The molecule has 0 unspecified atom stereocenters. The lowest BCUT2D eigenvalue weighted by molar-refractivity contribution is 0.128. The molecule has 0 aromatic heterocycles. The molecule has 0 heterocycles. The Hall–Kier alpha value is -0.210. The van der Waals surface area contributed by atoms with Crippen molar-refractivity contribution in [1.29, 1.82) is 0 Å². The predicted octanol–water partition coefficient (Wildman–Crippen LogP) is 0.198. The Labute approximate surface area is 111 Å². The van der Waals surface area contributed by atoms with Crippen LogP contribution in [0.25, 0.3) is 0 Å². The van der Waals surface area contributed by atoms with Crippen LogP contribution in [0.2, 0.25) is 0 Å². The fraction of sp³-hybridized carbons (Fsp3) is 1.00. The van der Waals surface area contributed by atoms with Gasteiger partial charge in [-0.15, -0.1) is 0 Å². The fourth-order valence-corrected chi connectivity index (χ4v) is 2.12. The molecule has 2 N–H and O–H groups in total. The minimum absolute atomic E-state index is 0.0157. The van der Waals surface area contributed by atoms with E-state index in [0.717, 1.165) is 6.42 Å². The molecule has 0 aliphatic carbocycles. The van der Waals surface area contributed by atoms with Gasteiger partial charge in [-0.2, -0.15) is 17.4 Å². The van der Waals surface area contributed by atoms with E-state index in [2.05, 4.69) is 18.6 Å². The highest BCUT2D eigenvalue weighted by atomic mass is 32.2. The average Bonchev–Trinajstić information content (AvgIpc) is 2.30. The summed E-state index contributed by atoms with van der Waals surface area (Å²) in [6.45, 7) is 5.81. The van der Waals surface area contributed by atoms with Crippen LogP contribution in [-0.2, 0) is 14.9 Å². The Morgan fingerprint density at radius 1 is 1.33 bits per heavy atom. The van der Waals surface area contributed by atoms with E-state index in [1.165, 1.54) is 11.4 Å². The topological polar surface area (TPSA) is 78.9 Å². The second-order valence-electron chi connectivity index (χ2n) is 4.59. The molecule has 0 atom stereocenters. The molecule has 0 aromatic carbocycles. The van der Waals surface area contributed by atoms with Crippen molar-refractivity contribution in [1.82, 2.24) is 9.03 Å².